The minimum absolute atomic E-state index is 0.142. The van der Waals surface area contributed by atoms with E-state index in [-0.39, 0.29) is 37.1 Å². The smallest absolute Gasteiger partial charge is 0.344 e. The minimum atomic E-state index is -0.837. The predicted octanol–water partition coefficient (Wildman–Crippen LogP) is 4.79. The number of benzene rings is 2. The van der Waals surface area contributed by atoms with Crippen LogP contribution in [0.1, 0.15) is 51.8 Å². The summed E-state index contributed by atoms with van der Waals surface area (Å²) in [7, 11) is 0. The standard InChI is InChI=1S/C30H30ClIN2O7S/c1-6-38-24(35)15-40-27-18(12-19(31)14-21(27)32)13-23-28(36)34-26(20-10-8-9-11-22(20)41-16(3)4)25(29(37)39-7-2)17(5)33-30(34)42-23/h8-14,16,26H,6-7,15H2,1-5H3/b23-13-/t26-/m1/s1. The lowest BCUT2D eigenvalue weighted by Crippen LogP contribution is -2.40. The zero-order chi connectivity index (χ0) is 30.6. The Morgan fingerprint density at radius 2 is 1.88 bits per heavy atom. The first kappa shape index (κ1) is 31.8. The summed E-state index contributed by atoms with van der Waals surface area (Å²) in [4.78, 5) is 44.4. The number of esters is 2. The van der Waals surface area contributed by atoms with E-state index in [1.807, 2.05) is 38.1 Å². The quantitative estimate of drug-likeness (QED) is 0.219. The summed E-state index contributed by atoms with van der Waals surface area (Å²) in [5.41, 5.74) is 1.46. The lowest BCUT2D eigenvalue weighted by molar-refractivity contribution is -0.145. The van der Waals surface area contributed by atoms with E-state index in [1.165, 1.54) is 15.9 Å². The number of rotatable bonds is 10. The van der Waals surface area contributed by atoms with Gasteiger partial charge in [0.1, 0.15) is 17.5 Å². The molecular weight excluding hydrogens is 695 g/mol. The molecule has 12 heteroatoms. The van der Waals surface area contributed by atoms with Crippen LogP contribution in [0, 0.1) is 3.57 Å². The average molecular weight is 725 g/mol. The molecule has 0 unspecified atom stereocenters. The van der Waals surface area contributed by atoms with Crippen LogP contribution in [0.2, 0.25) is 5.02 Å². The molecule has 9 nitrogen and oxygen atoms in total. The largest absolute Gasteiger partial charge is 0.491 e. The van der Waals surface area contributed by atoms with Gasteiger partial charge in [-0.05, 0) is 81.5 Å². The van der Waals surface area contributed by atoms with E-state index in [2.05, 4.69) is 27.6 Å². The van der Waals surface area contributed by atoms with Crippen LogP contribution in [0.3, 0.4) is 0 Å². The fourth-order valence-corrected chi connectivity index (χ4v) is 6.72. The molecule has 2 heterocycles. The van der Waals surface area contributed by atoms with Crippen LogP contribution >= 0.6 is 45.5 Å². The van der Waals surface area contributed by atoms with E-state index in [1.54, 1.807) is 39.0 Å². The Balaban J connectivity index is 1.93. The summed E-state index contributed by atoms with van der Waals surface area (Å²) in [6.07, 6.45) is 1.51. The van der Waals surface area contributed by atoms with Gasteiger partial charge in [0.25, 0.3) is 5.56 Å². The lowest BCUT2D eigenvalue weighted by atomic mass is 9.95. The Morgan fingerprint density at radius 1 is 1.17 bits per heavy atom. The van der Waals surface area contributed by atoms with Crippen molar-refractivity contribution in [2.24, 2.45) is 4.99 Å². The number of allylic oxidation sites excluding steroid dienone is 1. The number of ether oxygens (including phenoxy) is 4. The summed E-state index contributed by atoms with van der Waals surface area (Å²) in [6.45, 7) is 9.07. The third kappa shape index (κ3) is 6.90. The maximum absolute atomic E-state index is 14.1. The molecule has 1 aliphatic rings. The molecule has 0 saturated carbocycles. The van der Waals surface area contributed by atoms with Crippen molar-refractivity contribution in [1.29, 1.82) is 0 Å². The summed E-state index contributed by atoms with van der Waals surface area (Å²) in [6, 6.07) is 9.82. The van der Waals surface area contributed by atoms with Gasteiger partial charge in [-0.15, -0.1) is 0 Å². The maximum atomic E-state index is 14.1. The number of fused-ring (bicyclic) bond motifs is 1. The first-order chi connectivity index (χ1) is 20.0. The first-order valence-electron chi connectivity index (χ1n) is 13.3. The molecule has 2 aromatic carbocycles. The van der Waals surface area contributed by atoms with Crippen molar-refractivity contribution in [1.82, 2.24) is 4.57 Å². The van der Waals surface area contributed by atoms with Gasteiger partial charge in [0.05, 0.1) is 38.7 Å². The van der Waals surface area contributed by atoms with E-state index >= 15 is 0 Å². The Kier molecular flexibility index (Phi) is 10.5. The number of halogens is 2. The van der Waals surface area contributed by atoms with Gasteiger partial charge in [0.15, 0.2) is 11.4 Å². The van der Waals surface area contributed by atoms with Gasteiger partial charge in [-0.25, -0.2) is 14.6 Å². The Morgan fingerprint density at radius 3 is 2.57 bits per heavy atom. The van der Waals surface area contributed by atoms with Crippen molar-refractivity contribution in [3.05, 3.63) is 87.1 Å². The molecule has 0 amide bonds. The Bertz CT molecular complexity index is 1730. The molecule has 0 saturated heterocycles. The number of hydrogen-bond acceptors (Lipinski definition) is 9. The van der Waals surface area contributed by atoms with Crippen LogP contribution < -0.4 is 24.4 Å². The van der Waals surface area contributed by atoms with Crippen molar-refractivity contribution in [3.8, 4) is 11.5 Å². The number of carbonyl (C=O) groups is 2. The number of hydrogen-bond donors (Lipinski definition) is 0. The van der Waals surface area contributed by atoms with Crippen molar-refractivity contribution < 1.29 is 28.5 Å². The first-order valence-corrected chi connectivity index (χ1v) is 15.6. The number of para-hydroxylation sites is 1. The molecule has 3 aromatic rings. The number of thiazole rings is 1. The number of aromatic nitrogens is 1. The van der Waals surface area contributed by atoms with Crippen LogP contribution in [0.25, 0.3) is 6.08 Å². The Labute approximate surface area is 265 Å². The van der Waals surface area contributed by atoms with E-state index in [0.717, 1.165) is 0 Å². The second-order valence-corrected chi connectivity index (χ2v) is 12.0. The van der Waals surface area contributed by atoms with Gasteiger partial charge in [-0.1, -0.05) is 41.1 Å². The van der Waals surface area contributed by atoms with E-state index < -0.39 is 18.0 Å². The van der Waals surface area contributed by atoms with E-state index in [4.69, 9.17) is 30.5 Å². The normalized spacial score (nSPS) is 14.9. The van der Waals surface area contributed by atoms with Gasteiger partial charge in [0.2, 0.25) is 0 Å². The minimum Gasteiger partial charge on any atom is -0.491 e. The molecule has 0 spiro atoms. The lowest BCUT2D eigenvalue weighted by Gasteiger charge is -2.26. The van der Waals surface area contributed by atoms with Crippen LogP contribution in [0.4, 0.5) is 0 Å². The van der Waals surface area contributed by atoms with Gasteiger partial charge >= 0.3 is 11.9 Å². The zero-order valence-electron chi connectivity index (χ0n) is 23.7. The zero-order valence-corrected chi connectivity index (χ0v) is 27.5. The number of nitrogens with zero attached hydrogens (tertiary/aromatic N) is 2. The van der Waals surface area contributed by atoms with Crippen molar-refractivity contribution in [3.63, 3.8) is 0 Å². The second kappa shape index (κ2) is 13.9. The third-order valence-corrected chi connectivity index (χ3v) is 8.06. The van der Waals surface area contributed by atoms with Crippen LogP contribution in [0.5, 0.6) is 11.5 Å². The van der Waals surface area contributed by atoms with Crippen LogP contribution in [-0.2, 0) is 19.1 Å². The molecule has 0 fully saturated rings. The maximum Gasteiger partial charge on any atom is 0.344 e. The fraction of sp³-hybridized carbons (Fsp3) is 0.333. The average Bonchev–Trinajstić information content (AvgIpc) is 3.21. The van der Waals surface area contributed by atoms with Gasteiger partial charge in [0, 0.05) is 16.1 Å². The molecule has 42 heavy (non-hydrogen) atoms. The molecule has 1 aromatic heterocycles. The monoisotopic (exact) mass is 724 g/mol. The van der Waals surface area contributed by atoms with Crippen molar-refractivity contribution >= 4 is 63.5 Å². The van der Waals surface area contributed by atoms with Crippen molar-refractivity contribution in [2.75, 3.05) is 19.8 Å². The van der Waals surface area contributed by atoms with Crippen LogP contribution in [0.15, 0.2) is 57.5 Å². The van der Waals surface area contributed by atoms with E-state index in [0.29, 0.717) is 46.2 Å². The van der Waals surface area contributed by atoms with Crippen LogP contribution in [-0.4, -0.2) is 42.4 Å². The molecule has 0 bridgehead atoms. The fourth-order valence-electron chi connectivity index (χ4n) is 4.47. The molecule has 0 radical (unpaired) electrons. The third-order valence-electron chi connectivity index (χ3n) is 6.06. The highest BCUT2D eigenvalue weighted by molar-refractivity contribution is 14.1. The molecule has 0 aliphatic carbocycles. The van der Waals surface area contributed by atoms with E-state index in [9.17, 15) is 14.4 Å². The second-order valence-electron chi connectivity index (χ2n) is 9.41. The highest BCUT2D eigenvalue weighted by Crippen LogP contribution is 2.36. The topological polar surface area (TPSA) is 105 Å². The van der Waals surface area contributed by atoms with Crippen molar-refractivity contribution in [2.45, 2.75) is 46.8 Å². The Hall–Kier alpha value is -3.16. The highest BCUT2D eigenvalue weighted by Gasteiger charge is 2.35. The SMILES string of the molecule is CCOC(=O)COc1c(I)cc(Cl)cc1/C=c1\sc2n(c1=O)[C@H](c1ccccc1OC(C)C)C(C(=O)OCC)=C(C)N=2. The summed E-state index contributed by atoms with van der Waals surface area (Å²) in [5, 5.41) is 0.431. The number of carbonyl (C=O) groups excluding carboxylic acids is 2. The molecule has 222 valence electrons. The van der Waals surface area contributed by atoms with Gasteiger partial charge in [-0.3, -0.25) is 9.36 Å². The van der Waals surface area contributed by atoms with Gasteiger partial charge < -0.3 is 18.9 Å². The molecule has 4 rings (SSSR count). The molecule has 1 aliphatic heterocycles. The molecule has 1 atom stereocenters. The summed E-state index contributed by atoms with van der Waals surface area (Å²) >= 11 is 9.59. The molecule has 0 N–H and O–H groups in total. The highest BCUT2D eigenvalue weighted by atomic mass is 127. The van der Waals surface area contributed by atoms with Gasteiger partial charge in [-0.2, -0.15) is 0 Å². The summed E-state index contributed by atoms with van der Waals surface area (Å²) < 4.78 is 24.8. The summed E-state index contributed by atoms with van der Waals surface area (Å²) in [5.74, 6) is -0.147. The predicted molar refractivity (Wildman–Crippen MR) is 169 cm³/mol. The molecular formula is C30H30ClIN2O7S.